The summed E-state index contributed by atoms with van der Waals surface area (Å²) in [6, 6.07) is 7.14. The third-order valence-corrected chi connectivity index (χ3v) is 1.46. The van der Waals surface area contributed by atoms with Crippen molar-refractivity contribution in [1.29, 1.82) is 0 Å². The Kier molecular flexibility index (Phi) is 3.58. The van der Waals surface area contributed by atoms with Crippen LogP contribution in [0.25, 0.3) is 0 Å². The molecule has 0 aliphatic rings. The lowest BCUT2D eigenvalue weighted by Gasteiger charge is -2.07. The van der Waals surface area contributed by atoms with Crippen LogP contribution in [-0.4, -0.2) is 18.3 Å². The second kappa shape index (κ2) is 4.72. The summed E-state index contributed by atoms with van der Waals surface area (Å²) in [5.74, 6) is 1.46. The van der Waals surface area contributed by atoms with E-state index in [4.69, 9.17) is 14.6 Å². The topological polar surface area (TPSA) is 38.7 Å². The van der Waals surface area contributed by atoms with Crippen LogP contribution in [0.4, 0.5) is 0 Å². The maximum absolute atomic E-state index is 8.91. The van der Waals surface area contributed by atoms with E-state index in [9.17, 15) is 0 Å². The Labute approximate surface area is 77.9 Å². The maximum Gasteiger partial charge on any atom is 0.163 e. The normalized spacial score (nSPS) is 12.2. The molecule has 0 saturated carbocycles. The van der Waals surface area contributed by atoms with Crippen molar-refractivity contribution in [1.82, 2.24) is 0 Å². The average molecular weight is 181 g/mol. The molecule has 0 amide bonds. The number of hydrogen-bond donors (Lipinski definition) is 1. The molecule has 3 nitrogen and oxygen atoms in total. The van der Waals surface area contributed by atoms with Gasteiger partial charge in [0.1, 0.15) is 11.5 Å². The quantitative estimate of drug-likeness (QED) is 0.767. The minimum Gasteiger partial charge on any atom is -0.497 e. The maximum atomic E-state index is 8.91. The first-order valence-electron chi connectivity index (χ1n) is 4.04. The second-order valence-electron chi connectivity index (χ2n) is 2.67. The Hall–Kier alpha value is -1.22. The molecule has 1 atom stereocenters. The highest BCUT2D eigenvalue weighted by Crippen LogP contribution is 2.17. The summed E-state index contributed by atoms with van der Waals surface area (Å²) >= 11 is 0. The van der Waals surface area contributed by atoms with Gasteiger partial charge in [0.2, 0.25) is 0 Å². The van der Waals surface area contributed by atoms with Gasteiger partial charge in [0.25, 0.3) is 0 Å². The zero-order valence-electron chi connectivity index (χ0n) is 7.73. The van der Waals surface area contributed by atoms with Gasteiger partial charge in [0.05, 0.1) is 13.2 Å². The largest absolute Gasteiger partial charge is 0.497 e. The molecular formula is C10H13O3. The molecule has 3 heteroatoms. The van der Waals surface area contributed by atoms with E-state index in [2.05, 4.69) is 0 Å². The summed E-state index contributed by atoms with van der Waals surface area (Å²) < 4.78 is 10.1. The molecule has 0 aromatic heterocycles. The van der Waals surface area contributed by atoms with Crippen molar-refractivity contribution in [2.45, 2.75) is 13.0 Å². The second-order valence-corrected chi connectivity index (χ2v) is 2.67. The Balaban J connectivity index is 2.49. The summed E-state index contributed by atoms with van der Waals surface area (Å²) in [6.07, 6.45) is -0.567. The summed E-state index contributed by atoms with van der Waals surface area (Å²) in [5, 5.41) is 8.91. The van der Waals surface area contributed by atoms with Crippen molar-refractivity contribution in [3.05, 3.63) is 30.9 Å². The van der Waals surface area contributed by atoms with Gasteiger partial charge in [-0.2, -0.15) is 0 Å². The Morgan fingerprint density at radius 3 is 2.23 bits per heavy atom. The molecule has 0 spiro atoms. The van der Waals surface area contributed by atoms with E-state index < -0.39 is 6.10 Å². The number of aliphatic hydroxyl groups is 1. The van der Waals surface area contributed by atoms with Gasteiger partial charge in [0.15, 0.2) is 6.61 Å². The molecule has 13 heavy (non-hydrogen) atoms. The van der Waals surface area contributed by atoms with E-state index in [1.165, 1.54) is 6.61 Å². The Morgan fingerprint density at radius 2 is 1.77 bits per heavy atom. The minimum absolute atomic E-state index is 0.567. The Bertz CT molecular complexity index is 241. The third kappa shape index (κ3) is 3.34. The third-order valence-electron chi connectivity index (χ3n) is 1.46. The minimum atomic E-state index is -0.567. The van der Waals surface area contributed by atoms with Gasteiger partial charge in [-0.1, -0.05) is 0 Å². The van der Waals surface area contributed by atoms with Gasteiger partial charge in [-0.15, -0.1) is 0 Å². The van der Waals surface area contributed by atoms with E-state index in [0.29, 0.717) is 5.75 Å². The molecular weight excluding hydrogens is 168 g/mol. The molecule has 0 heterocycles. The molecule has 1 N–H and O–H groups in total. The van der Waals surface area contributed by atoms with Crippen molar-refractivity contribution in [3.8, 4) is 11.5 Å². The van der Waals surface area contributed by atoms with E-state index >= 15 is 0 Å². The number of benzene rings is 1. The van der Waals surface area contributed by atoms with Crippen LogP contribution < -0.4 is 9.47 Å². The number of aliphatic hydroxyl groups excluding tert-OH is 1. The highest BCUT2D eigenvalue weighted by molar-refractivity contribution is 5.31. The van der Waals surface area contributed by atoms with E-state index in [0.717, 1.165) is 5.75 Å². The molecule has 1 unspecified atom stereocenters. The van der Waals surface area contributed by atoms with Crippen LogP contribution in [0.3, 0.4) is 0 Å². The fraction of sp³-hybridized carbons (Fsp3) is 0.300. The van der Waals surface area contributed by atoms with Crippen LogP contribution in [0.15, 0.2) is 24.3 Å². The summed E-state index contributed by atoms with van der Waals surface area (Å²) in [4.78, 5) is 0. The summed E-state index contributed by atoms with van der Waals surface area (Å²) in [5.41, 5.74) is 0. The number of hydrogen-bond acceptors (Lipinski definition) is 3. The van der Waals surface area contributed by atoms with Crippen molar-refractivity contribution >= 4 is 0 Å². The Morgan fingerprint density at radius 1 is 1.23 bits per heavy atom. The highest BCUT2D eigenvalue weighted by Gasteiger charge is 1.98. The fourth-order valence-corrected chi connectivity index (χ4v) is 0.831. The molecule has 0 aliphatic heterocycles. The molecule has 0 aliphatic carbocycles. The van der Waals surface area contributed by atoms with Gasteiger partial charge in [-0.25, -0.2) is 0 Å². The first kappa shape index (κ1) is 9.86. The zero-order chi connectivity index (χ0) is 9.68. The van der Waals surface area contributed by atoms with Crippen LogP contribution in [0, 0.1) is 6.61 Å². The fourth-order valence-electron chi connectivity index (χ4n) is 0.831. The standard InChI is InChI=1S/C10H13O3/c1-8(11)7-13-10-5-3-9(12-2)4-6-10/h3-8,11H,1-2H3. The lowest BCUT2D eigenvalue weighted by atomic mass is 10.3. The SMILES string of the molecule is COc1ccc(O[CH]C(C)O)cc1. The number of methoxy groups -OCH3 is 1. The molecule has 71 valence electrons. The first-order valence-corrected chi connectivity index (χ1v) is 4.04. The number of ether oxygens (including phenoxy) is 2. The van der Waals surface area contributed by atoms with Gasteiger partial charge < -0.3 is 14.6 Å². The van der Waals surface area contributed by atoms with Gasteiger partial charge in [-0.3, -0.25) is 0 Å². The highest BCUT2D eigenvalue weighted by atomic mass is 16.5. The van der Waals surface area contributed by atoms with Crippen LogP contribution >= 0.6 is 0 Å². The van der Waals surface area contributed by atoms with Crippen LogP contribution in [0.1, 0.15) is 6.92 Å². The molecule has 0 bridgehead atoms. The number of rotatable bonds is 4. The molecule has 1 rings (SSSR count). The first-order chi connectivity index (χ1) is 6.22. The molecule has 0 fully saturated rings. The zero-order valence-corrected chi connectivity index (χ0v) is 7.73. The van der Waals surface area contributed by atoms with Crippen molar-refractivity contribution in [3.63, 3.8) is 0 Å². The van der Waals surface area contributed by atoms with Gasteiger partial charge in [-0.05, 0) is 31.2 Å². The van der Waals surface area contributed by atoms with Crippen LogP contribution in [-0.2, 0) is 0 Å². The smallest absolute Gasteiger partial charge is 0.163 e. The van der Waals surface area contributed by atoms with Crippen molar-refractivity contribution < 1.29 is 14.6 Å². The van der Waals surface area contributed by atoms with Crippen LogP contribution in [0.2, 0.25) is 0 Å². The summed E-state index contributed by atoms with van der Waals surface area (Å²) in [7, 11) is 1.61. The molecule has 1 aromatic rings. The average Bonchev–Trinajstić information content (AvgIpc) is 2.15. The molecule has 0 saturated heterocycles. The lowest BCUT2D eigenvalue weighted by Crippen LogP contribution is -2.05. The van der Waals surface area contributed by atoms with Gasteiger partial charge in [0, 0.05) is 0 Å². The summed E-state index contributed by atoms with van der Waals surface area (Å²) in [6.45, 7) is 2.99. The van der Waals surface area contributed by atoms with Crippen molar-refractivity contribution in [2.24, 2.45) is 0 Å². The monoisotopic (exact) mass is 181 g/mol. The van der Waals surface area contributed by atoms with Gasteiger partial charge >= 0.3 is 0 Å². The lowest BCUT2D eigenvalue weighted by molar-refractivity contribution is 0.170. The van der Waals surface area contributed by atoms with E-state index in [1.54, 1.807) is 38.3 Å². The van der Waals surface area contributed by atoms with Crippen LogP contribution in [0.5, 0.6) is 11.5 Å². The van der Waals surface area contributed by atoms with Crippen molar-refractivity contribution in [2.75, 3.05) is 7.11 Å². The van der Waals surface area contributed by atoms with E-state index in [1.807, 2.05) is 0 Å². The predicted octanol–water partition coefficient (Wildman–Crippen LogP) is 1.62. The molecule has 1 aromatic carbocycles. The van der Waals surface area contributed by atoms with E-state index in [-0.39, 0.29) is 0 Å². The molecule has 1 radical (unpaired) electrons. The predicted molar refractivity (Wildman–Crippen MR) is 49.6 cm³/mol.